The summed E-state index contributed by atoms with van der Waals surface area (Å²) in [6.45, 7) is 3.78. The van der Waals surface area contributed by atoms with Crippen molar-refractivity contribution in [2.24, 2.45) is 0 Å². The molecular formula is C28H20O7. The molecule has 0 aliphatic heterocycles. The van der Waals surface area contributed by atoms with E-state index in [9.17, 15) is 14.4 Å². The predicted octanol–water partition coefficient (Wildman–Crippen LogP) is 5.41. The van der Waals surface area contributed by atoms with E-state index in [0.717, 1.165) is 11.1 Å². The Kier molecular flexibility index (Phi) is 5.45. The zero-order valence-corrected chi connectivity index (χ0v) is 19.2. The maximum Gasteiger partial charge on any atom is 0.351 e. The highest BCUT2D eigenvalue weighted by Crippen LogP contribution is 2.33. The van der Waals surface area contributed by atoms with Gasteiger partial charge in [-0.05, 0) is 73.5 Å². The Bertz CT molecular complexity index is 1720. The average molecular weight is 468 g/mol. The van der Waals surface area contributed by atoms with Gasteiger partial charge in [-0.25, -0.2) is 9.59 Å². The molecule has 35 heavy (non-hydrogen) atoms. The van der Waals surface area contributed by atoms with Gasteiger partial charge in [0.15, 0.2) is 5.76 Å². The molecule has 0 spiro atoms. The Hall–Kier alpha value is -4.65. The van der Waals surface area contributed by atoms with Crippen LogP contribution in [0, 0.1) is 13.8 Å². The monoisotopic (exact) mass is 468 g/mol. The number of hydrogen-bond acceptors (Lipinski definition) is 7. The molecule has 0 aliphatic rings. The molecule has 0 atom stereocenters. The van der Waals surface area contributed by atoms with Crippen molar-refractivity contribution in [1.29, 1.82) is 0 Å². The van der Waals surface area contributed by atoms with Gasteiger partial charge in [-0.3, -0.25) is 4.79 Å². The third-order valence-electron chi connectivity index (χ3n) is 5.87. The summed E-state index contributed by atoms with van der Waals surface area (Å²) < 4.78 is 22.1. The second kappa shape index (κ2) is 8.61. The first-order chi connectivity index (χ1) is 16.9. The molecule has 2 heterocycles. The van der Waals surface area contributed by atoms with E-state index in [-0.39, 0.29) is 22.5 Å². The lowest BCUT2D eigenvalue weighted by Gasteiger charge is -2.12. The fourth-order valence-electron chi connectivity index (χ4n) is 3.81. The smallest absolute Gasteiger partial charge is 0.351 e. The SMILES string of the molecule is COc1ccc(-c2oc3cc(C)c(C)cc3c(=O)c2OC(=O)c2cc3ccccc3oc2=O)cc1. The van der Waals surface area contributed by atoms with Crippen LogP contribution in [-0.4, -0.2) is 13.1 Å². The maximum absolute atomic E-state index is 13.5. The van der Waals surface area contributed by atoms with Crippen molar-refractivity contribution >= 4 is 27.9 Å². The molecule has 3 aromatic carbocycles. The molecule has 0 N–H and O–H groups in total. The third kappa shape index (κ3) is 3.97. The summed E-state index contributed by atoms with van der Waals surface area (Å²) in [6, 6.07) is 18.4. The lowest BCUT2D eigenvalue weighted by molar-refractivity contribution is 0.0727. The molecule has 0 aliphatic carbocycles. The molecule has 0 unspecified atom stereocenters. The molecule has 174 valence electrons. The van der Waals surface area contributed by atoms with Gasteiger partial charge in [0.05, 0.1) is 12.5 Å². The Labute approximate surface area is 199 Å². The van der Waals surface area contributed by atoms with E-state index >= 15 is 0 Å². The van der Waals surface area contributed by atoms with E-state index in [1.807, 2.05) is 13.8 Å². The lowest BCUT2D eigenvalue weighted by Crippen LogP contribution is -2.22. The summed E-state index contributed by atoms with van der Waals surface area (Å²) in [7, 11) is 1.54. The Morgan fingerprint density at radius 1 is 0.829 bits per heavy atom. The highest BCUT2D eigenvalue weighted by Gasteiger charge is 2.24. The van der Waals surface area contributed by atoms with Gasteiger partial charge in [-0.15, -0.1) is 0 Å². The fraction of sp³-hybridized carbons (Fsp3) is 0.107. The number of hydrogen-bond donors (Lipinski definition) is 0. The van der Waals surface area contributed by atoms with Gasteiger partial charge < -0.3 is 18.3 Å². The van der Waals surface area contributed by atoms with Gasteiger partial charge in [-0.2, -0.15) is 0 Å². The van der Waals surface area contributed by atoms with Gasteiger partial charge in [0.25, 0.3) is 0 Å². The third-order valence-corrected chi connectivity index (χ3v) is 5.87. The molecule has 2 aromatic heterocycles. The number of para-hydroxylation sites is 1. The normalized spacial score (nSPS) is 11.1. The number of benzene rings is 3. The zero-order chi connectivity index (χ0) is 24.7. The molecule has 0 amide bonds. The number of ether oxygens (including phenoxy) is 2. The molecule has 0 saturated carbocycles. The van der Waals surface area contributed by atoms with E-state index in [1.54, 1.807) is 67.8 Å². The van der Waals surface area contributed by atoms with Crippen molar-refractivity contribution < 1.29 is 23.1 Å². The van der Waals surface area contributed by atoms with Crippen molar-refractivity contribution in [2.45, 2.75) is 13.8 Å². The number of esters is 1. The molecule has 0 fully saturated rings. The van der Waals surface area contributed by atoms with Crippen LogP contribution < -0.4 is 20.5 Å². The molecular weight excluding hydrogens is 448 g/mol. The van der Waals surface area contributed by atoms with Crippen molar-refractivity contribution in [1.82, 2.24) is 0 Å². The first-order valence-corrected chi connectivity index (χ1v) is 10.8. The Morgan fingerprint density at radius 3 is 2.29 bits per heavy atom. The van der Waals surface area contributed by atoms with Gasteiger partial charge in [0, 0.05) is 10.9 Å². The van der Waals surface area contributed by atoms with E-state index in [0.29, 0.717) is 27.9 Å². The summed E-state index contributed by atoms with van der Waals surface area (Å²) in [5.41, 5.74) is 1.29. The summed E-state index contributed by atoms with van der Waals surface area (Å²) in [5.74, 6) is -0.666. The van der Waals surface area contributed by atoms with E-state index in [2.05, 4.69) is 0 Å². The highest BCUT2D eigenvalue weighted by atomic mass is 16.5. The predicted molar refractivity (Wildman–Crippen MR) is 131 cm³/mol. The van der Waals surface area contributed by atoms with Crippen molar-refractivity contribution in [2.75, 3.05) is 7.11 Å². The van der Waals surface area contributed by atoms with Crippen LogP contribution in [0.4, 0.5) is 0 Å². The van der Waals surface area contributed by atoms with Gasteiger partial charge in [0.2, 0.25) is 11.2 Å². The number of methoxy groups -OCH3 is 1. The molecule has 7 nitrogen and oxygen atoms in total. The minimum atomic E-state index is -1.02. The zero-order valence-electron chi connectivity index (χ0n) is 19.2. The van der Waals surface area contributed by atoms with Crippen LogP contribution in [-0.2, 0) is 0 Å². The average Bonchev–Trinajstić information content (AvgIpc) is 2.86. The van der Waals surface area contributed by atoms with Crippen LogP contribution in [0.1, 0.15) is 21.5 Å². The van der Waals surface area contributed by atoms with Crippen molar-refractivity contribution in [3.8, 4) is 22.8 Å². The minimum Gasteiger partial charge on any atom is -0.497 e. The number of fused-ring (bicyclic) bond motifs is 2. The molecule has 5 rings (SSSR count). The number of carbonyl (C=O) groups is 1. The molecule has 0 saturated heterocycles. The number of rotatable bonds is 4. The number of aryl methyl sites for hydroxylation is 2. The van der Waals surface area contributed by atoms with Gasteiger partial charge in [-0.1, -0.05) is 18.2 Å². The maximum atomic E-state index is 13.5. The van der Waals surface area contributed by atoms with Crippen LogP contribution in [0.15, 0.2) is 85.2 Å². The van der Waals surface area contributed by atoms with Crippen LogP contribution in [0.2, 0.25) is 0 Å². The second-order valence-electron chi connectivity index (χ2n) is 8.13. The molecule has 5 aromatic rings. The van der Waals surface area contributed by atoms with Crippen molar-refractivity contribution in [3.63, 3.8) is 0 Å². The highest BCUT2D eigenvalue weighted by molar-refractivity contribution is 5.95. The first-order valence-electron chi connectivity index (χ1n) is 10.8. The molecule has 0 bridgehead atoms. The summed E-state index contributed by atoms with van der Waals surface area (Å²) in [6.07, 6.45) is 0. The fourth-order valence-corrected chi connectivity index (χ4v) is 3.81. The Balaban J connectivity index is 1.69. The largest absolute Gasteiger partial charge is 0.497 e. The molecule has 7 heteroatoms. The number of carbonyl (C=O) groups excluding carboxylic acids is 1. The van der Waals surface area contributed by atoms with E-state index < -0.39 is 17.0 Å². The van der Waals surface area contributed by atoms with Crippen LogP contribution >= 0.6 is 0 Å². The van der Waals surface area contributed by atoms with Crippen LogP contribution in [0.5, 0.6) is 11.5 Å². The van der Waals surface area contributed by atoms with Crippen molar-refractivity contribution in [3.05, 3.63) is 104 Å². The topological polar surface area (TPSA) is 96.0 Å². The van der Waals surface area contributed by atoms with Crippen LogP contribution in [0.25, 0.3) is 33.3 Å². The summed E-state index contributed by atoms with van der Waals surface area (Å²) in [4.78, 5) is 39.1. The summed E-state index contributed by atoms with van der Waals surface area (Å²) >= 11 is 0. The molecule has 0 radical (unpaired) electrons. The van der Waals surface area contributed by atoms with Crippen LogP contribution in [0.3, 0.4) is 0 Å². The van der Waals surface area contributed by atoms with Gasteiger partial charge >= 0.3 is 11.6 Å². The Morgan fingerprint density at radius 2 is 1.54 bits per heavy atom. The van der Waals surface area contributed by atoms with E-state index in [4.69, 9.17) is 18.3 Å². The second-order valence-corrected chi connectivity index (χ2v) is 8.13. The van der Waals surface area contributed by atoms with E-state index in [1.165, 1.54) is 6.07 Å². The lowest BCUT2D eigenvalue weighted by atomic mass is 10.0. The van der Waals surface area contributed by atoms with Gasteiger partial charge in [0.1, 0.15) is 22.5 Å². The minimum absolute atomic E-state index is 0.0620. The standard InChI is InChI=1S/C28H20O7/c1-15-12-20-23(13-16(15)2)33-25(17-8-10-19(32-3)11-9-17)26(24(20)29)35-28(31)21-14-18-6-4-5-7-22(18)34-27(21)30/h4-14H,1-3H3. The summed E-state index contributed by atoms with van der Waals surface area (Å²) in [5, 5.41) is 0.810. The quantitative estimate of drug-likeness (QED) is 0.257. The first kappa shape index (κ1) is 22.2.